The van der Waals surface area contributed by atoms with Gasteiger partial charge in [0.25, 0.3) is 0 Å². The van der Waals surface area contributed by atoms with Gasteiger partial charge in [0, 0.05) is 19.3 Å². The maximum Gasteiger partial charge on any atom is 1.00 e. The first-order valence-electron chi connectivity index (χ1n) is 29.3. The average Bonchev–Trinajstić information content (AvgIpc) is 1.40. The van der Waals surface area contributed by atoms with Gasteiger partial charge in [-0.2, -0.15) is 0 Å². The first-order chi connectivity index (χ1) is 39.9. The summed E-state index contributed by atoms with van der Waals surface area (Å²) in [4.78, 5) is 0. The molecule has 2 heterocycles. The summed E-state index contributed by atoms with van der Waals surface area (Å²) in [6, 6.07) is 0. The van der Waals surface area contributed by atoms with Crippen LogP contribution in [-0.2, 0) is 24.1 Å². The zero-order valence-electron chi connectivity index (χ0n) is 50.0. The van der Waals surface area contributed by atoms with Gasteiger partial charge < -0.3 is 111 Å². The molecule has 2 aliphatic rings. The van der Waals surface area contributed by atoms with E-state index in [0.717, 1.165) is 0 Å². The Balaban J connectivity index is 0.0000370. The zero-order valence-corrected chi connectivity index (χ0v) is 52.8. The molecule has 19 N–H and O–H groups in total. The molecule has 0 spiro atoms. The van der Waals surface area contributed by atoms with Crippen molar-refractivity contribution in [1.82, 2.24) is 0 Å². The number of aliphatic hydroxyl groups is 19. The second kappa shape index (κ2) is 43.1. The smallest absolute Gasteiger partial charge is 0.726 e. The molecule has 0 aromatic carbocycles. The third-order valence-electron chi connectivity index (χ3n) is 15.4. The summed E-state index contributed by atoms with van der Waals surface area (Å²) >= 11 is 0. The third-order valence-corrected chi connectivity index (χ3v) is 16.0. The summed E-state index contributed by atoms with van der Waals surface area (Å²) in [5.41, 5.74) is 0.446. The maximum absolute atomic E-state index is 11.2. The van der Waals surface area contributed by atoms with Gasteiger partial charge >= 0.3 is 29.6 Å². The fourth-order valence-electron chi connectivity index (χ4n) is 10.0. The Labute approximate surface area is 528 Å². The van der Waals surface area contributed by atoms with Crippen LogP contribution in [0, 0.1) is 11.8 Å². The predicted molar refractivity (Wildman–Crippen MR) is 309 cm³/mol. The average molecular weight is 1270 g/mol. The summed E-state index contributed by atoms with van der Waals surface area (Å²) in [6.07, 6.45) is -11.8. The van der Waals surface area contributed by atoms with E-state index in [4.69, 9.17) is 14.6 Å². The van der Waals surface area contributed by atoms with E-state index in [2.05, 4.69) is 10.8 Å². The normalized spacial score (nSPS) is 27.7. The van der Waals surface area contributed by atoms with Crippen LogP contribution in [0.5, 0.6) is 0 Å². The molecule has 494 valence electrons. The van der Waals surface area contributed by atoms with E-state index in [0.29, 0.717) is 44.1 Å². The van der Waals surface area contributed by atoms with Crippen molar-refractivity contribution in [3.63, 3.8) is 0 Å². The predicted octanol–water partition coefficient (Wildman–Crippen LogP) is -4.71. The fraction of sp³-hybridized carbons (Fsp3) is 0.763. The standard InChI is InChI=1S/C59H102O25S.Na/c1-34(18-14-13-16-20-40(33-61)84-85(79,80)81)26-43(66)44(67)28-37(4)51(72)46(69)29-38(62)24-22-35(2)27-45(68)54(75)59-55(76)47(70)30-49(82-59)41(64)25-23-36(3)52(73)57(78)50-31-48(71)56(77)58(83-50)53(74)42(65)21-17-12-10-8-6-5-7-9-11-15-19-39(63)32-60;/h5-9,11,13,16-17,21,27,34,37-78H,3,10,12,14-15,18-20,22-26,28-33H2,1-2,4H3,(H,79,80,81);/q;+1/p-1/b7-5+,8-6+,11-9+,16-13+,21-17+,35-27+;/t34?,37-,38-,39?,40?,41+,42+,43?,44-,45+,46-,47+,48+,49+,50+,51+,52+,53-,54-,55+,56+,57-,58-,59-;/m0./s1. The molecule has 25 nitrogen and oxygen atoms in total. The van der Waals surface area contributed by atoms with Crippen molar-refractivity contribution >= 4 is 10.4 Å². The summed E-state index contributed by atoms with van der Waals surface area (Å²) in [5.74, 6) is -0.787. The van der Waals surface area contributed by atoms with E-state index >= 15 is 0 Å². The molecule has 2 aliphatic heterocycles. The van der Waals surface area contributed by atoms with Gasteiger partial charge in [0.05, 0.1) is 80.4 Å². The van der Waals surface area contributed by atoms with Gasteiger partial charge in [-0.1, -0.05) is 92.8 Å². The van der Waals surface area contributed by atoms with Crippen molar-refractivity contribution in [3.05, 3.63) is 84.6 Å². The van der Waals surface area contributed by atoms with Crippen LogP contribution in [0.3, 0.4) is 0 Å². The molecule has 86 heavy (non-hydrogen) atoms. The quantitative estimate of drug-likeness (QED) is 0.00682. The first-order valence-corrected chi connectivity index (χ1v) is 30.6. The molecule has 0 bridgehead atoms. The van der Waals surface area contributed by atoms with Gasteiger partial charge in [0.15, 0.2) is 0 Å². The summed E-state index contributed by atoms with van der Waals surface area (Å²) in [7, 11) is -4.97. The molecule has 0 aromatic heterocycles. The number of hydrogen-bond donors (Lipinski definition) is 19. The van der Waals surface area contributed by atoms with Crippen molar-refractivity contribution in [2.45, 2.75) is 258 Å². The molecular formula is C59H101NaO25S. The van der Waals surface area contributed by atoms with Crippen molar-refractivity contribution in [3.8, 4) is 0 Å². The Bertz CT molecular complexity index is 2150. The Morgan fingerprint density at radius 2 is 1.16 bits per heavy atom. The van der Waals surface area contributed by atoms with Crippen LogP contribution in [0.15, 0.2) is 84.6 Å². The second-order valence-electron chi connectivity index (χ2n) is 23.0. The van der Waals surface area contributed by atoms with Crippen molar-refractivity contribution in [2.24, 2.45) is 11.8 Å². The van der Waals surface area contributed by atoms with Crippen LogP contribution in [0.1, 0.15) is 124 Å². The van der Waals surface area contributed by atoms with E-state index in [1.54, 1.807) is 44.2 Å². The molecule has 2 rings (SSSR count). The fourth-order valence-corrected chi connectivity index (χ4v) is 10.5. The molecular weight excluding hydrogens is 1160 g/mol. The van der Waals surface area contributed by atoms with Gasteiger partial charge in [-0.15, -0.1) is 0 Å². The number of rotatable bonds is 42. The van der Waals surface area contributed by atoms with E-state index in [1.807, 2.05) is 31.2 Å². The largest absolute Gasteiger partial charge is 1.00 e. The molecule has 0 radical (unpaired) electrons. The van der Waals surface area contributed by atoms with E-state index in [-0.39, 0.29) is 112 Å². The number of allylic oxidation sites excluding steroid dienone is 9. The van der Waals surface area contributed by atoms with Gasteiger partial charge in [0.1, 0.15) is 67.1 Å². The zero-order chi connectivity index (χ0) is 64.1. The minimum absolute atomic E-state index is 0. The minimum atomic E-state index is -4.97. The minimum Gasteiger partial charge on any atom is -0.726 e. The third kappa shape index (κ3) is 31.0. The number of hydrogen-bond acceptors (Lipinski definition) is 25. The van der Waals surface area contributed by atoms with Crippen molar-refractivity contribution < 1.29 is 153 Å². The van der Waals surface area contributed by atoms with Gasteiger partial charge in [0.2, 0.25) is 10.4 Å². The van der Waals surface area contributed by atoms with Crippen molar-refractivity contribution in [2.75, 3.05) is 13.2 Å². The molecule has 24 atom stereocenters. The molecule has 27 heteroatoms. The molecule has 0 amide bonds. The summed E-state index contributed by atoms with van der Waals surface area (Å²) < 4.78 is 48.0. The number of aliphatic hydroxyl groups excluding tert-OH is 19. The van der Waals surface area contributed by atoms with E-state index < -0.39 is 157 Å². The molecule has 0 aliphatic carbocycles. The van der Waals surface area contributed by atoms with Crippen LogP contribution in [-0.4, -0.2) is 257 Å². The molecule has 4 unspecified atom stereocenters. The second-order valence-corrected chi connectivity index (χ2v) is 24.0. The van der Waals surface area contributed by atoms with Gasteiger partial charge in [-0.3, -0.25) is 4.18 Å². The maximum atomic E-state index is 11.2. The van der Waals surface area contributed by atoms with Gasteiger partial charge in [-0.25, -0.2) is 8.42 Å². The van der Waals surface area contributed by atoms with Crippen molar-refractivity contribution in [1.29, 1.82) is 0 Å². The van der Waals surface area contributed by atoms with Crippen LogP contribution >= 0.6 is 0 Å². The number of unbranched alkanes of at least 4 members (excludes halogenated alkanes) is 1. The Morgan fingerprint density at radius 3 is 1.76 bits per heavy atom. The molecule has 2 saturated heterocycles. The molecule has 0 aromatic rings. The number of ether oxygens (including phenoxy) is 2. The van der Waals surface area contributed by atoms with Crippen LogP contribution < -0.4 is 29.6 Å². The Kier molecular flexibility index (Phi) is 41.2. The van der Waals surface area contributed by atoms with E-state index in [9.17, 15) is 105 Å². The van der Waals surface area contributed by atoms with Crippen LogP contribution in [0.25, 0.3) is 0 Å². The van der Waals surface area contributed by atoms with Gasteiger partial charge in [-0.05, 0) is 108 Å². The molecule has 0 saturated carbocycles. The van der Waals surface area contributed by atoms with E-state index in [1.165, 1.54) is 12.2 Å². The summed E-state index contributed by atoms with van der Waals surface area (Å²) in [5, 5.41) is 201. The Hall–Kier alpha value is -1.79. The topological polar surface area (TPSA) is 469 Å². The SMILES string of the molecule is C=C(CC[C@@H](O)[C@H]1C[C@@H](O)[C@@H](O)[C@H]([C@@H](O)[C@H](O)/C=C(\C)CC[C@H](O)C[C@H](O)[C@H](O)[C@@H](C)C[C@H](O)C(O)CC(C)CC/C=C/CC(CO)OS(=O)(=O)[O-])O1)[C@@H](O)[C@@H](O)[C@H]1C[C@@H](O)[C@@H](O)[C@H]([C@@H](O)[C@H](O)/C=C/CC/C=C/C=C/C=C/CCC(O)CO)O1.[Na+]. The Morgan fingerprint density at radius 1 is 0.616 bits per heavy atom. The van der Waals surface area contributed by atoms with Crippen LogP contribution in [0.2, 0.25) is 0 Å². The molecule has 2 fully saturated rings. The van der Waals surface area contributed by atoms with Crippen LogP contribution in [0.4, 0.5) is 0 Å². The summed E-state index contributed by atoms with van der Waals surface area (Å²) in [6.45, 7) is 7.84. The monoisotopic (exact) mass is 1260 g/mol. The first kappa shape index (κ1) is 82.2.